The number of allylic oxidation sites excluding steroid dienone is 1. The summed E-state index contributed by atoms with van der Waals surface area (Å²) in [6.07, 6.45) is -0.470. The molecule has 2 saturated carbocycles. The lowest BCUT2D eigenvalue weighted by molar-refractivity contribution is -0.205. The van der Waals surface area contributed by atoms with Gasteiger partial charge >= 0.3 is 16.5 Å². The van der Waals surface area contributed by atoms with Crippen LogP contribution in [0.1, 0.15) is 75.3 Å². The number of benzene rings is 1. The molecule has 36 heavy (non-hydrogen) atoms. The van der Waals surface area contributed by atoms with Crippen LogP contribution in [-0.4, -0.2) is 41.6 Å². The first-order chi connectivity index (χ1) is 16.7. The third-order valence-electron chi connectivity index (χ3n) is 9.30. The maximum atomic E-state index is 12.7. The number of halogens is 3. The predicted octanol–water partition coefficient (Wildman–Crippen LogP) is 5.38. The molecule has 0 aliphatic heterocycles. The fourth-order valence-electron chi connectivity index (χ4n) is 7.83. The monoisotopic (exact) mass is 531 g/mol. The van der Waals surface area contributed by atoms with E-state index in [1.165, 1.54) is 0 Å². The molecule has 3 aliphatic carbocycles. The molecule has 3 unspecified atom stereocenters. The Morgan fingerprint density at radius 3 is 2.64 bits per heavy atom. The molecule has 0 bridgehead atoms. The topological polar surface area (TPSA) is 107 Å². The SMILES string of the molecule is C=CC12CCc3cc(NS(=O)(=O)O)ccc3C1[C@@H](CCCC[C@@H](O)C(F)(F)F)C[C@@]1(C)C2CC[C@@H]1O. The highest BCUT2D eigenvalue weighted by Gasteiger charge is 2.63. The molecule has 3 aliphatic rings. The van der Waals surface area contributed by atoms with E-state index in [0.717, 1.165) is 30.4 Å². The molecule has 0 heterocycles. The summed E-state index contributed by atoms with van der Waals surface area (Å²) in [5.74, 6) is 0.337. The van der Waals surface area contributed by atoms with Gasteiger partial charge in [0.25, 0.3) is 0 Å². The normalized spacial score (nSPS) is 34.9. The van der Waals surface area contributed by atoms with Crippen LogP contribution in [-0.2, 0) is 16.7 Å². The molecule has 0 spiro atoms. The van der Waals surface area contributed by atoms with Crippen molar-refractivity contribution in [3.63, 3.8) is 0 Å². The lowest BCUT2D eigenvalue weighted by Crippen LogP contribution is -2.54. The van der Waals surface area contributed by atoms with Gasteiger partial charge in [-0.05, 0) is 96.8 Å². The number of aryl methyl sites for hydroxylation is 1. The van der Waals surface area contributed by atoms with Gasteiger partial charge in [-0.3, -0.25) is 9.27 Å². The fraction of sp³-hybridized carbons (Fsp3) is 0.692. The largest absolute Gasteiger partial charge is 0.414 e. The van der Waals surface area contributed by atoms with Crippen molar-refractivity contribution in [1.29, 1.82) is 0 Å². The van der Waals surface area contributed by atoms with E-state index in [-0.39, 0.29) is 47.1 Å². The van der Waals surface area contributed by atoms with E-state index < -0.39 is 28.7 Å². The Bertz CT molecular complexity index is 1090. The summed E-state index contributed by atoms with van der Waals surface area (Å²) in [4.78, 5) is 0. The summed E-state index contributed by atoms with van der Waals surface area (Å²) in [6, 6.07) is 5.25. The summed E-state index contributed by atoms with van der Waals surface area (Å²) < 4.78 is 72.2. The van der Waals surface area contributed by atoms with Gasteiger partial charge < -0.3 is 10.2 Å². The fourth-order valence-corrected chi connectivity index (χ4v) is 8.25. The van der Waals surface area contributed by atoms with E-state index in [4.69, 9.17) is 0 Å². The smallest absolute Gasteiger partial charge is 0.393 e. The van der Waals surface area contributed by atoms with E-state index in [9.17, 15) is 36.4 Å². The number of hydrogen-bond acceptors (Lipinski definition) is 4. The van der Waals surface area contributed by atoms with Crippen LogP contribution in [0.25, 0.3) is 0 Å². The third kappa shape index (κ3) is 4.93. The zero-order valence-electron chi connectivity index (χ0n) is 20.5. The number of nitrogens with one attached hydrogen (secondary N) is 1. The molecule has 1 aromatic carbocycles. The molecule has 6 nitrogen and oxygen atoms in total. The summed E-state index contributed by atoms with van der Waals surface area (Å²) in [6.45, 7) is 6.36. The third-order valence-corrected chi connectivity index (χ3v) is 9.79. The molecule has 202 valence electrons. The Morgan fingerprint density at radius 2 is 2.00 bits per heavy atom. The lowest BCUT2D eigenvalue weighted by Gasteiger charge is -2.60. The number of fused-ring (bicyclic) bond motifs is 5. The minimum Gasteiger partial charge on any atom is -0.393 e. The molecule has 0 saturated heterocycles. The Morgan fingerprint density at radius 1 is 1.28 bits per heavy atom. The first kappa shape index (κ1) is 27.4. The molecule has 0 amide bonds. The average Bonchev–Trinajstić information content (AvgIpc) is 3.08. The number of aliphatic hydroxyl groups excluding tert-OH is 2. The average molecular weight is 532 g/mol. The zero-order valence-corrected chi connectivity index (χ0v) is 21.3. The summed E-state index contributed by atoms with van der Waals surface area (Å²) in [7, 11) is -4.41. The molecule has 10 heteroatoms. The van der Waals surface area contributed by atoms with Crippen molar-refractivity contribution < 1.29 is 36.4 Å². The second-order valence-corrected chi connectivity index (χ2v) is 12.4. The number of anilines is 1. The highest BCUT2D eigenvalue weighted by molar-refractivity contribution is 7.87. The molecule has 0 radical (unpaired) electrons. The summed E-state index contributed by atoms with van der Waals surface area (Å²) in [5.41, 5.74) is 1.73. The van der Waals surface area contributed by atoms with Crippen molar-refractivity contribution >= 4 is 16.0 Å². The number of unbranched alkanes of at least 4 members (excludes halogenated alkanes) is 1. The maximum Gasteiger partial charge on any atom is 0.414 e. The van der Waals surface area contributed by atoms with E-state index in [1.807, 2.05) is 12.1 Å². The van der Waals surface area contributed by atoms with Gasteiger partial charge in [0, 0.05) is 0 Å². The van der Waals surface area contributed by atoms with Crippen LogP contribution < -0.4 is 4.72 Å². The summed E-state index contributed by atoms with van der Waals surface area (Å²) in [5, 5.41) is 20.4. The zero-order chi connectivity index (χ0) is 26.5. The number of alkyl halides is 3. The van der Waals surface area contributed by atoms with Crippen molar-refractivity contribution in [1.82, 2.24) is 0 Å². The van der Waals surface area contributed by atoms with Crippen LogP contribution in [0.4, 0.5) is 18.9 Å². The van der Waals surface area contributed by atoms with E-state index >= 15 is 0 Å². The van der Waals surface area contributed by atoms with Crippen molar-refractivity contribution in [3.05, 3.63) is 42.0 Å². The number of hydrogen-bond donors (Lipinski definition) is 4. The number of aliphatic hydroxyl groups is 2. The Labute approximate surface area is 210 Å². The highest BCUT2D eigenvalue weighted by atomic mass is 32.2. The Hall–Kier alpha value is -1.62. The quantitative estimate of drug-likeness (QED) is 0.205. The van der Waals surface area contributed by atoms with Crippen LogP contribution in [0.2, 0.25) is 0 Å². The summed E-state index contributed by atoms with van der Waals surface area (Å²) >= 11 is 0. The second-order valence-electron chi connectivity index (χ2n) is 11.2. The van der Waals surface area contributed by atoms with Crippen LogP contribution in [0.3, 0.4) is 0 Å². The van der Waals surface area contributed by atoms with Crippen molar-refractivity contribution in [2.75, 3.05) is 4.72 Å². The number of rotatable bonds is 8. The first-order valence-electron chi connectivity index (χ1n) is 12.7. The molecule has 4 N–H and O–H groups in total. The van der Waals surface area contributed by atoms with E-state index in [1.54, 1.807) is 12.1 Å². The highest BCUT2D eigenvalue weighted by Crippen LogP contribution is 2.69. The molecular weight excluding hydrogens is 495 g/mol. The predicted molar refractivity (Wildman–Crippen MR) is 131 cm³/mol. The molecule has 2 fully saturated rings. The van der Waals surface area contributed by atoms with Crippen LogP contribution in [0.15, 0.2) is 30.9 Å². The van der Waals surface area contributed by atoms with E-state index in [0.29, 0.717) is 25.7 Å². The molecule has 1 aromatic rings. The maximum absolute atomic E-state index is 12.7. The van der Waals surface area contributed by atoms with Crippen LogP contribution >= 0.6 is 0 Å². The van der Waals surface area contributed by atoms with Gasteiger partial charge in [-0.25, -0.2) is 0 Å². The van der Waals surface area contributed by atoms with E-state index in [2.05, 4.69) is 18.2 Å². The Kier molecular flexibility index (Phi) is 7.31. The molecule has 4 rings (SSSR count). The van der Waals surface area contributed by atoms with Crippen molar-refractivity contribution in [2.24, 2.45) is 22.7 Å². The first-order valence-corrected chi connectivity index (χ1v) is 14.1. The molecule has 0 aromatic heterocycles. The molecule has 7 atom stereocenters. The minimum absolute atomic E-state index is 0.0365. The minimum atomic E-state index is -4.62. The van der Waals surface area contributed by atoms with Gasteiger partial charge in [0.1, 0.15) is 6.10 Å². The van der Waals surface area contributed by atoms with Gasteiger partial charge in [0.15, 0.2) is 0 Å². The standard InChI is InChI=1S/C26H36F3NO5S/c1-3-25-13-12-16-14-18(30-36(33,34)35)8-9-19(16)23(25)17(6-4-5-7-22(32)26(27,28)29)15-24(2)20(25)10-11-21(24)31/h3,8-9,14,17,20-23,30-32H,1,4-7,10-13,15H2,2H3,(H,33,34,35)/t17-,20?,21-,22+,23?,24-,25?/m0/s1. The van der Waals surface area contributed by atoms with Gasteiger partial charge in [0.2, 0.25) is 0 Å². The lowest BCUT2D eigenvalue weighted by atomic mass is 9.44. The van der Waals surface area contributed by atoms with Crippen LogP contribution in [0, 0.1) is 22.7 Å². The Balaban J connectivity index is 1.66. The van der Waals surface area contributed by atoms with Gasteiger partial charge in [-0.2, -0.15) is 21.6 Å². The van der Waals surface area contributed by atoms with Crippen LogP contribution in [0.5, 0.6) is 0 Å². The van der Waals surface area contributed by atoms with Gasteiger partial charge in [-0.15, -0.1) is 6.58 Å². The van der Waals surface area contributed by atoms with Gasteiger partial charge in [0.05, 0.1) is 11.8 Å². The van der Waals surface area contributed by atoms with Crippen molar-refractivity contribution in [3.8, 4) is 0 Å². The van der Waals surface area contributed by atoms with Crippen molar-refractivity contribution in [2.45, 2.75) is 89.0 Å². The molecular formula is C26H36F3NO5S. The van der Waals surface area contributed by atoms with Gasteiger partial charge in [-0.1, -0.05) is 31.9 Å². The second kappa shape index (κ2) is 9.60.